The molecule has 0 aliphatic carbocycles. The summed E-state index contributed by atoms with van der Waals surface area (Å²) in [6.07, 6.45) is -0.628. The molecule has 1 aliphatic rings. The van der Waals surface area contributed by atoms with Gasteiger partial charge >= 0.3 is 0 Å². The number of methoxy groups -OCH3 is 2. The minimum atomic E-state index is -0.628. The van der Waals surface area contributed by atoms with Crippen LogP contribution in [-0.2, 0) is 11.3 Å². The number of aliphatic hydroxyl groups excluding tert-OH is 2. The Bertz CT molecular complexity index is 1080. The van der Waals surface area contributed by atoms with Gasteiger partial charge in [0.25, 0.3) is 0 Å². The number of β-amino-alcohol motifs (C(OH)–C–C–N with tert-alkyl or cyclic N) is 1. The van der Waals surface area contributed by atoms with E-state index in [9.17, 15) is 10.2 Å². The highest BCUT2D eigenvalue weighted by atomic mass is 32.2. The highest BCUT2D eigenvalue weighted by molar-refractivity contribution is 7.99. The summed E-state index contributed by atoms with van der Waals surface area (Å²) in [6.45, 7) is 2.79. The molecule has 0 unspecified atom stereocenters. The molecule has 3 aromatic carbocycles. The zero-order chi connectivity index (χ0) is 25.3. The normalized spacial score (nSPS) is 13.3. The van der Waals surface area contributed by atoms with Gasteiger partial charge in [0.1, 0.15) is 6.61 Å². The van der Waals surface area contributed by atoms with E-state index in [4.69, 9.17) is 14.2 Å². The van der Waals surface area contributed by atoms with Gasteiger partial charge in [-0.05, 0) is 42.0 Å². The summed E-state index contributed by atoms with van der Waals surface area (Å²) in [5, 5.41) is 20.9. The lowest BCUT2D eigenvalue weighted by Crippen LogP contribution is -2.40. The van der Waals surface area contributed by atoms with Crippen molar-refractivity contribution in [2.75, 3.05) is 58.6 Å². The zero-order valence-corrected chi connectivity index (χ0v) is 21.6. The van der Waals surface area contributed by atoms with E-state index >= 15 is 0 Å². The second kappa shape index (κ2) is 13.0. The lowest BCUT2D eigenvalue weighted by molar-refractivity contribution is 0.100. The van der Waals surface area contributed by atoms with E-state index in [1.165, 1.54) is 9.79 Å². The molecule has 0 bridgehead atoms. The second-order valence-corrected chi connectivity index (χ2v) is 9.67. The number of aliphatic hydroxyl groups is 2. The summed E-state index contributed by atoms with van der Waals surface area (Å²) in [5.74, 6) is 1.31. The molecule has 0 fully saturated rings. The summed E-state index contributed by atoms with van der Waals surface area (Å²) in [4.78, 5) is 6.60. The molecule has 0 aromatic heterocycles. The Kier molecular flexibility index (Phi) is 9.49. The Balaban J connectivity index is 1.47. The van der Waals surface area contributed by atoms with Crippen molar-refractivity contribution < 1.29 is 24.4 Å². The van der Waals surface area contributed by atoms with Gasteiger partial charge in [-0.15, -0.1) is 0 Å². The first-order valence-corrected chi connectivity index (χ1v) is 12.9. The lowest BCUT2D eigenvalue weighted by atomic mass is 10.1. The molecule has 0 saturated heterocycles. The molecular weight excluding hydrogens is 476 g/mol. The van der Waals surface area contributed by atoms with E-state index in [0.29, 0.717) is 50.9 Å². The number of anilines is 2. The zero-order valence-electron chi connectivity index (χ0n) is 20.8. The number of benzene rings is 3. The van der Waals surface area contributed by atoms with Crippen molar-refractivity contribution in [3.8, 4) is 11.5 Å². The molecule has 1 heterocycles. The number of ether oxygens (including phenoxy) is 3. The van der Waals surface area contributed by atoms with E-state index in [2.05, 4.69) is 34.1 Å². The molecule has 0 spiro atoms. The molecule has 2 N–H and O–H groups in total. The van der Waals surface area contributed by atoms with Crippen LogP contribution in [0.2, 0.25) is 0 Å². The van der Waals surface area contributed by atoms with Crippen LogP contribution >= 0.6 is 11.8 Å². The summed E-state index contributed by atoms with van der Waals surface area (Å²) in [7, 11) is 3.25. The molecule has 4 rings (SSSR count). The highest BCUT2D eigenvalue weighted by Crippen LogP contribution is 2.47. The molecule has 0 radical (unpaired) electrons. The standard InChI is InChI=1S/C28H34N2O5S/c1-33-15-16-35-26-17-21(11-12-25(26)34-2)18-29(13-14-31)19-22(32)20-30-23-7-3-5-9-27(23)36-28-10-6-4-8-24(28)30/h3-12,17,22,31-32H,13-16,18-20H2,1-2H3/t22-/m0/s1. The van der Waals surface area contributed by atoms with Crippen LogP contribution in [0.15, 0.2) is 76.5 Å². The Hall–Kier alpha value is -2.75. The molecule has 3 aromatic rings. The second-order valence-electron chi connectivity index (χ2n) is 8.59. The fourth-order valence-corrected chi connectivity index (χ4v) is 5.44. The molecule has 1 aliphatic heterocycles. The molecule has 8 heteroatoms. The van der Waals surface area contributed by atoms with Crippen LogP contribution in [-0.4, -0.2) is 74.9 Å². The third kappa shape index (κ3) is 6.52. The third-order valence-corrected chi connectivity index (χ3v) is 7.12. The van der Waals surface area contributed by atoms with Crippen molar-refractivity contribution in [1.82, 2.24) is 4.90 Å². The van der Waals surface area contributed by atoms with Crippen LogP contribution < -0.4 is 14.4 Å². The van der Waals surface area contributed by atoms with E-state index in [1.807, 2.05) is 42.5 Å². The van der Waals surface area contributed by atoms with Crippen LogP contribution in [0.3, 0.4) is 0 Å². The average molecular weight is 511 g/mol. The van der Waals surface area contributed by atoms with Crippen molar-refractivity contribution in [3.63, 3.8) is 0 Å². The van der Waals surface area contributed by atoms with Gasteiger partial charge in [0.05, 0.1) is 44.3 Å². The van der Waals surface area contributed by atoms with Crippen LogP contribution in [0.4, 0.5) is 11.4 Å². The first-order chi connectivity index (χ1) is 17.6. The van der Waals surface area contributed by atoms with Gasteiger partial charge in [0, 0.05) is 36.5 Å². The van der Waals surface area contributed by atoms with Gasteiger partial charge in [-0.25, -0.2) is 0 Å². The van der Waals surface area contributed by atoms with Crippen LogP contribution in [0.1, 0.15) is 5.56 Å². The minimum absolute atomic E-state index is 0.00604. The Morgan fingerprint density at radius 2 is 1.61 bits per heavy atom. The van der Waals surface area contributed by atoms with E-state index in [-0.39, 0.29) is 6.61 Å². The van der Waals surface area contributed by atoms with Crippen molar-refractivity contribution in [2.45, 2.75) is 22.4 Å². The largest absolute Gasteiger partial charge is 0.493 e. The number of para-hydroxylation sites is 2. The fourth-order valence-electron chi connectivity index (χ4n) is 4.35. The Morgan fingerprint density at radius 1 is 0.917 bits per heavy atom. The van der Waals surface area contributed by atoms with Crippen LogP contribution in [0.5, 0.6) is 11.5 Å². The number of fused-ring (bicyclic) bond motifs is 2. The highest BCUT2D eigenvalue weighted by Gasteiger charge is 2.25. The van der Waals surface area contributed by atoms with Gasteiger partial charge < -0.3 is 29.3 Å². The molecule has 0 amide bonds. The third-order valence-electron chi connectivity index (χ3n) is 5.99. The SMILES string of the molecule is COCCOc1cc(CN(CCO)C[C@H](O)CN2c3ccccc3Sc3ccccc32)ccc1OC. The Labute approximate surface area is 217 Å². The first-order valence-electron chi connectivity index (χ1n) is 12.1. The lowest BCUT2D eigenvalue weighted by Gasteiger charge is -2.35. The number of rotatable bonds is 13. The summed E-state index contributed by atoms with van der Waals surface area (Å²) >= 11 is 1.75. The van der Waals surface area contributed by atoms with Gasteiger partial charge in [-0.1, -0.05) is 42.1 Å². The molecule has 192 valence electrons. The van der Waals surface area contributed by atoms with E-state index in [1.54, 1.807) is 26.0 Å². The molecule has 7 nitrogen and oxygen atoms in total. The minimum Gasteiger partial charge on any atom is -0.493 e. The fraction of sp³-hybridized carbons (Fsp3) is 0.357. The monoisotopic (exact) mass is 510 g/mol. The summed E-state index contributed by atoms with van der Waals surface area (Å²) < 4.78 is 16.3. The number of nitrogens with zero attached hydrogens (tertiary/aromatic N) is 2. The summed E-state index contributed by atoms with van der Waals surface area (Å²) in [6, 6.07) is 22.4. The topological polar surface area (TPSA) is 74.6 Å². The van der Waals surface area contributed by atoms with E-state index < -0.39 is 6.10 Å². The van der Waals surface area contributed by atoms with E-state index in [0.717, 1.165) is 16.9 Å². The number of hydrogen-bond donors (Lipinski definition) is 2. The molecular formula is C28H34N2O5S. The van der Waals surface area contributed by atoms with Gasteiger partial charge in [-0.2, -0.15) is 0 Å². The van der Waals surface area contributed by atoms with Crippen LogP contribution in [0, 0.1) is 0 Å². The maximum absolute atomic E-state index is 11.2. The average Bonchev–Trinajstić information content (AvgIpc) is 2.89. The number of hydrogen-bond acceptors (Lipinski definition) is 8. The van der Waals surface area contributed by atoms with Crippen molar-refractivity contribution >= 4 is 23.1 Å². The molecule has 36 heavy (non-hydrogen) atoms. The van der Waals surface area contributed by atoms with Gasteiger partial charge in [-0.3, -0.25) is 4.90 Å². The maximum atomic E-state index is 11.2. The maximum Gasteiger partial charge on any atom is 0.161 e. The predicted molar refractivity (Wildman–Crippen MR) is 143 cm³/mol. The first kappa shape index (κ1) is 26.3. The van der Waals surface area contributed by atoms with Gasteiger partial charge in [0.2, 0.25) is 0 Å². The quantitative estimate of drug-likeness (QED) is 0.332. The summed E-state index contributed by atoms with van der Waals surface area (Å²) in [5.41, 5.74) is 3.21. The molecule has 1 atom stereocenters. The Morgan fingerprint density at radius 3 is 2.25 bits per heavy atom. The predicted octanol–water partition coefficient (Wildman–Crippen LogP) is 4.18. The van der Waals surface area contributed by atoms with Crippen molar-refractivity contribution in [1.29, 1.82) is 0 Å². The van der Waals surface area contributed by atoms with Crippen LogP contribution in [0.25, 0.3) is 0 Å². The van der Waals surface area contributed by atoms with Gasteiger partial charge in [0.15, 0.2) is 11.5 Å². The smallest absolute Gasteiger partial charge is 0.161 e. The van der Waals surface area contributed by atoms with Crippen molar-refractivity contribution in [2.24, 2.45) is 0 Å². The van der Waals surface area contributed by atoms with Crippen molar-refractivity contribution in [3.05, 3.63) is 72.3 Å². The molecule has 0 saturated carbocycles.